The Morgan fingerprint density at radius 1 is 1.50 bits per heavy atom. The highest BCUT2D eigenvalue weighted by Crippen LogP contribution is 2.28. The fourth-order valence-corrected chi connectivity index (χ4v) is 1.30. The highest BCUT2D eigenvalue weighted by Gasteiger charge is 2.36. The first-order chi connectivity index (χ1) is 5.59. The van der Waals surface area contributed by atoms with Gasteiger partial charge in [-0.25, -0.2) is 8.78 Å². The Hall–Kier alpha value is -0.220. The fourth-order valence-electron chi connectivity index (χ4n) is 1.30. The summed E-state index contributed by atoms with van der Waals surface area (Å²) >= 11 is 0. The van der Waals surface area contributed by atoms with Crippen LogP contribution in [0.5, 0.6) is 0 Å². The van der Waals surface area contributed by atoms with Crippen molar-refractivity contribution in [3.05, 3.63) is 0 Å². The van der Waals surface area contributed by atoms with Crippen molar-refractivity contribution >= 4 is 0 Å². The molecule has 0 aromatic rings. The normalized spacial score (nSPS) is 18.8. The maximum atomic E-state index is 12.8. The molecule has 72 valence electrons. The van der Waals surface area contributed by atoms with Crippen LogP contribution in [0.2, 0.25) is 0 Å². The van der Waals surface area contributed by atoms with Crippen LogP contribution in [0.15, 0.2) is 0 Å². The van der Waals surface area contributed by atoms with E-state index in [9.17, 15) is 8.78 Å². The molecule has 0 heterocycles. The Morgan fingerprint density at radius 3 is 2.42 bits per heavy atom. The number of nitrogens with zero attached hydrogens (tertiary/aromatic N) is 1. The third-order valence-electron chi connectivity index (χ3n) is 2.20. The zero-order valence-corrected chi connectivity index (χ0v) is 7.39. The Bertz CT molecular complexity index is 146. The molecule has 0 amide bonds. The molecule has 12 heavy (non-hydrogen) atoms. The van der Waals surface area contributed by atoms with E-state index in [-0.39, 0.29) is 6.54 Å². The smallest absolute Gasteiger partial charge is 0.272 e. The highest BCUT2D eigenvalue weighted by molar-refractivity contribution is 4.86. The van der Waals surface area contributed by atoms with Gasteiger partial charge in [-0.05, 0) is 19.4 Å². The molecule has 0 bridgehead atoms. The van der Waals surface area contributed by atoms with Gasteiger partial charge >= 0.3 is 0 Å². The van der Waals surface area contributed by atoms with Gasteiger partial charge in [0.2, 0.25) is 0 Å². The highest BCUT2D eigenvalue weighted by atomic mass is 19.3. The third-order valence-corrected chi connectivity index (χ3v) is 2.20. The number of hydrogen-bond donors (Lipinski definition) is 1. The Kier molecular flexibility index (Phi) is 3.01. The average molecular weight is 178 g/mol. The summed E-state index contributed by atoms with van der Waals surface area (Å²) in [6.07, 6.45) is 2.13. The molecule has 1 aliphatic carbocycles. The molecule has 1 rings (SSSR count). The van der Waals surface area contributed by atoms with Crippen LogP contribution in [-0.2, 0) is 0 Å². The van der Waals surface area contributed by atoms with Gasteiger partial charge in [-0.15, -0.1) is 0 Å². The third kappa shape index (κ3) is 2.68. The van der Waals surface area contributed by atoms with Gasteiger partial charge in [0.15, 0.2) is 0 Å². The lowest BCUT2D eigenvalue weighted by Crippen LogP contribution is -2.42. The van der Waals surface area contributed by atoms with Gasteiger partial charge in [0.25, 0.3) is 5.92 Å². The van der Waals surface area contributed by atoms with Crippen LogP contribution in [0, 0.1) is 0 Å². The molecular weight excluding hydrogens is 162 g/mol. The van der Waals surface area contributed by atoms with E-state index >= 15 is 0 Å². The summed E-state index contributed by atoms with van der Waals surface area (Å²) in [7, 11) is 0. The van der Waals surface area contributed by atoms with Crippen LogP contribution in [0.25, 0.3) is 0 Å². The summed E-state index contributed by atoms with van der Waals surface area (Å²) < 4.78 is 25.6. The van der Waals surface area contributed by atoms with Crippen molar-refractivity contribution in [2.24, 2.45) is 5.73 Å². The summed E-state index contributed by atoms with van der Waals surface area (Å²) in [5.74, 6) is -2.71. The molecule has 0 saturated heterocycles. The second-order valence-corrected chi connectivity index (χ2v) is 3.35. The van der Waals surface area contributed by atoms with Gasteiger partial charge in [0.05, 0.1) is 13.1 Å². The molecule has 0 aliphatic heterocycles. The van der Waals surface area contributed by atoms with Gasteiger partial charge in [-0.3, -0.25) is 4.90 Å². The molecule has 0 unspecified atom stereocenters. The van der Waals surface area contributed by atoms with Crippen molar-refractivity contribution in [1.29, 1.82) is 0 Å². The van der Waals surface area contributed by atoms with Crippen LogP contribution in [0.1, 0.15) is 19.8 Å². The van der Waals surface area contributed by atoms with Gasteiger partial charge in [0.1, 0.15) is 0 Å². The fraction of sp³-hybridized carbons (Fsp3) is 1.00. The van der Waals surface area contributed by atoms with Crippen LogP contribution in [-0.4, -0.2) is 36.5 Å². The second kappa shape index (κ2) is 3.66. The van der Waals surface area contributed by atoms with E-state index in [1.807, 2.05) is 11.8 Å². The minimum atomic E-state index is -2.71. The lowest BCUT2D eigenvalue weighted by molar-refractivity contribution is -0.0244. The van der Waals surface area contributed by atoms with Crippen molar-refractivity contribution in [2.75, 3.05) is 19.6 Å². The molecular formula is C8H16F2N2. The summed E-state index contributed by atoms with van der Waals surface area (Å²) in [5, 5.41) is 0. The molecule has 0 aromatic heterocycles. The number of hydrogen-bond acceptors (Lipinski definition) is 2. The van der Waals surface area contributed by atoms with Gasteiger partial charge in [-0.1, -0.05) is 6.92 Å². The van der Waals surface area contributed by atoms with E-state index in [1.54, 1.807) is 0 Å². The summed E-state index contributed by atoms with van der Waals surface area (Å²) in [4.78, 5) is 1.81. The standard InChI is InChI=1S/C8H16F2N2/c1-2-12(7-3-4-7)6-8(9,10)5-11/h7H,2-6,11H2,1H3. The monoisotopic (exact) mass is 178 g/mol. The predicted octanol–water partition coefficient (Wildman–Crippen LogP) is 1.06. The molecule has 2 nitrogen and oxygen atoms in total. The number of alkyl halides is 2. The van der Waals surface area contributed by atoms with E-state index in [1.165, 1.54) is 0 Å². The first-order valence-corrected chi connectivity index (χ1v) is 4.41. The van der Waals surface area contributed by atoms with E-state index in [0.717, 1.165) is 12.8 Å². The van der Waals surface area contributed by atoms with Crippen molar-refractivity contribution in [3.63, 3.8) is 0 Å². The summed E-state index contributed by atoms with van der Waals surface area (Å²) in [5.41, 5.74) is 4.95. The van der Waals surface area contributed by atoms with E-state index in [0.29, 0.717) is 12.6 Å². The zero-order chi connectivity index (χ0) is 9.19. The largest absolute Gasteiger partial charge is 0.325 e. The van der Waals surface area contributed by atoms with Crippen LogP contribution in [0.3, 0.4) is 0 Å². The zero-order valence-electron chi connectivity index (χ0n) is 7.39. The van der Waals surface area contributed by atoms with E-state index in [4.69, 9.17) is 5.73 Å². The second-order valence-electron chi connectivity index (χ2n) is 3.35. The SMILES string of the molecule is CCN(CC(F)(F)CN)C1CC1. The quantitative estimate of drug-likeness (QED) is 0.682. The lowest BCUT2D eigenvalue weighted by atomic mass is 10.3. The Morgan fingerprint density at radius 2 is 2.08 bits per heavy atom. The molecule has 4 heteroatoms. The maximum Gasteiger partial charge on any atom is 0.272 e. The van der Waals surface area contributed by atoms with E-state index < -0.39 is 12.5 Å². The molecule has 1 aliphatic rings. The van der Waals surface area contributed by atoms with Gasteiger partial charge in [0, 0.05) is 6.04 Å². The van der Waals surface area contributed by atoms with Gasteiger partial charge < -0.3 is 5.73 Å². The molecule has 1 fully saturated rings. The first-order valence-electron chi connectivity index (χ1n) is 4.41. The number of nitrogens with two attached hydrogens (primary N) is 1. The molecule has 0 radical (unpaired) electrons. The van der Waals surface area contributed by atoms with Crippen LogP contribution in [0.4, 0.5) is 8.78 Å². The van der Waals surface area contributed by atoms with Crippen molar-refractivity contribution in [3.8, 4) is 0 Å². The van der Waals surface area contributed by atoms with Crippen LogP contribution < -0.4 is 5.73 Å². The van der Waals surface area contributed by atoms with E-state index in [2.05, 4.69) is 0 Å². The molecule has 0 atom stereocenters. The summed E-state index contributed by atoms with van der Waals surface area (Å²) in [6, 6.07) is 0.396. The topological polar surface area (TPSA) is 29.3 Å². The first kappa shape index (κ1) is 9.86. The van der Waals surface area contributed by atoms with Crippen LogP contribution >= 0.6 is 0 Å². The van der Waals surface area contributed by atoms with Crippen molar-refractivity contribution < 1.29 is 8.78 Å². The molecule has 0 aromatic carbocycles. The lowest BCUT2D eigenvalue weighted by Gasteiger charge is -2.24. The van der Waals surface area contributed by atoms with Crippen molar-refractivity contribution in [2.45, 2.75) is 31.7 Å². The number of halogens is 2. The molecule has 1 saturated carbocycles. The van der Waals surface area contributed by atoms with Gasteiger partial charge in [-0.2, -0.15) is 0 Å². The minimum Gasteiger partial charge on any atom is -0.325 e. The Balaban J connectivity index is 2.35. The molecule has 0 spiro atoms. The van der Waals surface area contributed by atoms with Crippen molar-refractivity contribution in [1.82, 2.24) is 4.90 Å². The molecule has 2 N–H and O–H groups in total. The predicted molar refractivity (Wildman–Crippen MR) is 44.3 cm³/mol. The minimum absolute atomic E-state index is 0.176. The summed E-state index contributed by atoms with van der Waals surface area (Å²) in [6.45, 7) is 1.88. The Labute approximate surface area is 71.7 Å². The number of rotatable bonds is 5. The average Bonchev–Trinajstić information content (AvgIpc) is 2.83. The maximum absolute atomic E-state index is 12.8.